The highest BCUT2D eigenvalue weighted by Crippen LogP contribution is 2.49. The van der Waals surface area contributed by atoms with Crippen molar-refractivity contribution in [1.82, 2.24) is 10.6 Å². The molecule has 0 aromatic heterocycles. The van der Waals surface area contributed by atoms with E-state index in [1.807, 2.05) is 0 Å². The van der Waals surface area contributed by atoms with Gasteiger partial charge in [0.1, 0.15) is 5.75 Å². The second kappa shape index (κ2) is 13.2. The number of urea groups is 1. The van der Waals surface area contributed by atoms with Gasteiger partial charge >= 0.3 is 18.4 Å². The SMILES string of the molecule is CC(C)(C)C1CCC(C(NC(N)=O)(c2ccc(OC(F)(F)F)cc2)c2ccc(C(=O)C(NCCC(=O)O)C3CC3)cc2)CC1. The lowest BCUT2D eigenvalue weighted by Gasteiger charge is -2.47. The van der Waals surface area contributed by atoms with Gasteiger partial charge in [-0.3, -0.25) is 9.59 Å². The van der Waals surface area contributed by atoms with E-state index in [4.69, 9.17) is 10.8 Å². The lowest BCUT2D eigenvalue weighted by Crippen LogP contribution is -2.54. The fraction of sp³-hybridized carbons (Fsp3) is 0.545. The number of halogens is 3. The average Bonchev–Trinajstić information content (AvgIpc) is 3.78. The van der Waals surface area contributed by atoms with Gasteiger partial charge in [-0.25, -0.2) is 4.79 Å². The number of hydrogen-bond donors (Lipinski definition) is 4. The summed E-state index contributed by atoms with van der Waals surface area (Å²) in [5, 5.41) is 15.1. The molecule has 2 unspecified atom stereocenters. The Hall–Kier alpha value is -3.60. The number of ether oxygens (including phenoxy) is 1. The molecule has 11 heteroatoms. The van der Waals surface area contributed by atoms with Crippen LogP contribution >= 0.6 is 0 Å². The summed E-state index contributed by atoms with van der Waals surface area (Å²) in [7, 11) is 0. The molecule has 2 aromatic rings. The summed E-state index contributed by atoms with van der Waals surface area (Å²) in [5.41, 5.74) is 6.33. The summed E-state index contributed by atoms with van der Waals surface area (Å²) < 4.78 is 42.8. The first-order valence-corrected chi connectivity index (χ1v) is 15.1. The van der Waals surface area contributed by atoms with Crippen molar-refractivity contribution >= 4 is 17.8 Å². The van der Waals surface area contributed by atoms with Gasteiger partial charge in [0.15, 0.2) is 5.78 Å². The zero-order valence-corrected chi connectivity index (χ0v) is 25.4. The summed E-state index contributed by atoms with van der Waals surface area (Å²) in [6, 6.07) is 11.1. The molecule has 8 nitrogen and oxygen atoms in total. The Kier molecular flexibility index (Phi) is 9.97. The number of primary amides is 1. The minimum Gasteiger partial charge on any atom is -0.481 e. The molecule has 2 amide bonds. The van der Waals surface area contributed by atoms with Crippen molar-refractivity contribution in [3.05, 3.63) is 65.2 Å². The number of nitrogens with one attached hydrogen (secondary N) is 2. The van der Waals surface area contributed by atoms with Crippen molar-refractivity contribution in [3.8, 4) is 5.75 Å². The van der Waals surface area contributed by atoms with E-state index in [1.54, 1.807) is 24.3 Å². The molecule has 2 aliphatic carbocycles. The molecule has 0 heterocycles. The van der Waals surface area contributed by atoms with Gasteiger partial charge in [0.2, 0.25) is 0 Å². The third kappa shape index (κ3) is 8.11. The summed E-state index contributed by atoms with van der Waals surface area (Å²) in [4.78, 5) is 37.1. The number of hydrogen-bond acceptors (Lipinski definition) is 5. The monoisotopic (exact) mass is 617 g/mol. The summed E-state index contributed by atoms with van der Waals surface area (Å²) in [5.74, 6) is -1.01. The van der Waals surface area contributed by atoms with Crippen LogP contribution in [0, 0.1) is 23.2 Å². The van der Waals surface area contributed by atoms with Gasteiger partial charge in [-0.1, -0.05) is 57.2 Å². The van der Waals surface area contributed by atoms with Crippen molar-refractivity contribution in [2.24, 2.45) is 28.9 Å². The van der Waals surface area contributed by atoms with E-state index >= 15 is 0 Å². The number of nitrogens with two attached hydrogens (primary N) is 1. The van der Waals surface area contributed by atoms with E-state index < -0.39 is 29.9 Å². The number of Topliss-reactive ketones (excluding diaryl/α,β-unsaturated/α-hetero) is 1. The molecule has 0 bridgehead atoms. The highest BCUT2D eigenvalue weighted by atomic mass is 19.4. The number of carboxylic acid groups (broad SMARTS) is 1. The Morgan fingerprint density at radius 1 is 0.886 bits per heavy atom. The van der Waals surface area contributed by atoms with Crippen molar-refractivity contribution in [1.29, 1.82) is 0 Å². The second-order valence-electron chi connectivity index (χ2n) is 13.1. The Balaban J connectivity index is 1.72. The van der Waals surface area contributed by atoms with Crippen LogP contribution in [-0.4, -0.2) is 41.8 Å². The first-order chi connectivity index (χ1) is 20.6. The molecule has 2 saturated carbocycles. The molecule has 2 fully saturated rings. The van der Waals surface area contributed by atoms with Gasteiger partial charge in [-0.05, 0) is 85.0 Å². The molecule has 5 N–H and O–H groups in total. The Bertz CT molecular complexity index is 1310. The maximum Gasteiger partial charge on any atom is 0.573 e. The van der Waals surface area contributed by atoms with Crippen LogP contribution in [0.2, 0.25) is 0 Å². The van der Waals surface area contributed by atoms with Crippen LogP contribution in [0.5, 0.6) is 5.75 Å². The van der Waals surface area contributed by atoms with E-state index in [-0.39, 0.29) is 41.7 Å². The molecule has 2 aliphatic rings. The Morgan fingerprint density at radius 3 is 1.86 bits per heavy atom. The number of aliphatic carboxylic acids is 1. The van der Waals surface area contributed by atoms with E-state index in [0.717, 1.165) is 38.5 Å². The van der Waals surface area contributed by atoms with Crippen molar-refractivity contribution in [2.75, 3.05) is 6.54 Å². The van der Waals surface area contributed by atoms with E-state index in [2.05, 4.69) is 36.1 Å². The maximum absolute atomic E-state index is 13.5. The Labute approximate surface area is 255 Å². The maximum atomic E-state index is 13.5. The van der Waals surface area contributed by atoms with Crippen LogP contribution in [0.1, 0.15) is 87.2 Å². The largest absolute Gasteiger partial charge is 0.573 e. The number of carboxylic acids is 1. The fourth-order valence-electron chi connectivity index (χ4n) is 6.71. The predicted octanol–water partition coefficient (Wildman–Crippen LogP) is 6.38. The van der Waals surface area contributed by atoms with Crippen LogP contribution in [0.3, 0.4) is 0 Å². The Morgan fingerprint density at radius 2 is 1.41 bits per heavy atom. The molecule has 0 aliphatic heterocycles. The van der Waals surface area contributed by atoms with Crippen molar-refractivity contribution in [3.63, 3.8) is 0 Å². The smallest absolute Gasteiger partial charge is 0.481 e. The van der Waals surface area contributed by atoms with Gasteiger partial charge in [-0.15, -0.1) is 13.2 Å². The number of benzene rings is 2. The zero-order chi connectivity index (χ0) is 32.3. The summed E-state index contributed by atoms with van der Waals surface area (Å²) in [6.07, 6.45) is 0.0824. The number of carbonyl (C=O) groups excluding carboxylic acids is 2. The van der Waals surface area contributed by atoms with Gasteiger partial charge in [0, 0.05) is 12.1 Å². The van der Waals surface area contributed by atoms with E-state index in [0.29, 0.717) is 22.6 Å². The minimum atomic E-state index is -4.85. The van der Waals surface area contributed by atoms with Crippen LogP contribution in [0.4, 0.5) is 18.0 Å². The van der Waals surface area contributed by atoms with Crippen molar-refractivity contribution in [2.45, 2.75) is 83.7 Å². The minimum absolute atomic E-state index is 0.0962. The normalized spacial score (nSPS) is 21.1. The number of ketones is 1. The predicted molar refractivity (Wildman–Crippen MR) is 159 cm³/mol. The van der Waals surface area contributed by atoms with Crippen LogP contribution in [-0.2, 0) is 10.3 Å². The van der Waals surface area contributed by atoms with E-state index in [9.17, 15) is 27.6 Å². The summed E-state index contributed by atoms with van der Waals surface area (Å²) >= 11 is 0. The topological polar surface area (TPSA) is 131 Å². The molecule has 0 saturated heterocycles. The number of rotatable bonds is 12. The van der Waals surface area contributed by atoms with Crippen LogP contribution < -0.4 is 21.1 Å². The highest BCUT2D eigenvalue weighted by molar-refractivity contribution is 6.00. The molecule has 44 heavy (non-hydrogen) atoms. The summed E-state index contributed by atoms with van der Waals surface area (Å²) in [6.45, 7) is 6.78. The third-order valence-electron chi connectivity index (χ3n) is 9.13. The number of amides is 2. The van der Waals surface area contributed by atoms with Gasteiger partial charge < -0.3 is 26.2 Å². The van der Waals surface area contributed by atoms with Crippen LogP contribution in [0.25, 0.3) is 0 Å². The fourth-order valence-corrected chi connectivity index (χ4v) is 6.71. The quantitative estimate of drug-likeness (QED) is 0.205. The molecule has 0 spiro atoms. The second-order valence-corrected chi connectivity index (χ2v) is 13.1. The van der Waals surface area contributed by atoms with Gasteiger partial charge in [0.25, 0.3) is 0 Å². The molecule has 2 aromatic carbocycles. The number of carbonyl (C=O) groups is 3. The lowest BCUT2D eigenvalue weighted by molar-refractivity contribution is -0.274. The third-order valence-corrected chi connectivity index (χ3v) is 9.13. The van der Waals surface area contributed by atoms with Gasteiger partial charge in [0.05, 0.1) is 18.0 Å². The standard InChI is InChI=1S/C33H42F3N3O5/c1-31(2,3)22-10-12-24(13-11-22)32(39-30(37)43,25-14-16-26(17-15-25)44-33(34,35)36)23-8-6-21(7-9-23)29(42)28(20-4-5-20)38-19-18-27(40)41/h6-9,14-17,20,22,24,28,38H,4-5,10-13,18-19H2,1-3H3,(H,40,41)(H3,37,39,43). The molecule has 240 valence electrons. The first kappa shape index (κ1) is 33.3. The van der Waals surface area contributed by atoms with Crippen LogP contribution in [0.15, 0.2) is 48.5 Å². The molecule has 2 atom stereocenters. The molecular formula is C33H42F3N3O5. The average molecular weight is 618 g/mol. The first-order valence-electron chi connectivity index (χ1n) is 15.1. The zero-order valence-electron chi connectivity index (χ0n) is 25.4. The van der Waals surface area contributed by atoms with E-state index in [1.165, 1.54) is 24.3 Å². The molecule has 0 radical (unpaired) electrons. The lowest BCUT2D eigenvalue weighted by atomic mass is 9.62. The van der Waals surface area contributed by atoms with Crippen molar-refractivity contribution < 1.29 is 37.4 Å². The molecule has 4 rings (SSSR count). The van der Waals surface area contributed by atoms with Gasteiger partial charge in [-0.2, -0.15) is 0 Å². The molecular weight excluding hydrogens is 575 g/mol. The number of alkyl halides is 3. The highest BCUT2D eigenvalue weighted by Gasteiger charge is 2.46.